The number of aromatic nitrogens is 3. The van der Waals surface area contributed by atoms with Crippen LogP contribution >= 0.6 is 0 Å². The zero-order valence-electron chi connectivity index (χ0n) is 12.1. The summed E-state index contributed by atoms with van der Waals surface area (Å²) in [5.41, 5.74) is 0.454. The highest BCUT2D eigenvalue weighted by Crippen LogP contribution is 2.27. The molecule has 1 aromatic carbocycles. The first-order valence-corrected chi connectivity index (χ1v) is 6.85. The Kier molecular flexibility index (Phi) is 3.84. The van der Waals surface area contributed by atoms with Gasteiger partial charge in [0.15, 0.2) is 0 Å². The summed E-state index contributed by atoms with van der Waals surface area (Å²) in [5.74, 6) is -0.418. The van der Waals surface area contributed by atoms with Crippen molar-refractivity contribution in [2.45, 2.75) is 12.7 Å². The predicted octanol–water partition coefficient (Wildman–Crippen LogP) is 2.20. The van der Waals surface area contributed by atoms with Crippen LogP contribution in [0.5, 0.6) is 0 Å². The number of carbonyl (C=O) groups excluding carboxylic acids is 1. The van der Waals surface area contributed by atoms with Gasteiger partial charge in [0.25, 0.3) is 5.91 Å². The van der Waals surface area contributed by atoms with Crippen LogP contribution < -0.4 is 11.0 Å². The van der Waals surface area contributed by atoms with E-state index in [0.29, 0.717) is 22.2 Å². The van der Waals surface area contributed by atoms with Crippen LogP contribution in [0.4, 0.5) is 13.2 Å². The van der Waals surface area contributed by atoms with E-state index in [2.05, 4.69) is 20.3 Å². The summed E-state index contributed by atoms with van der Waals surface area (Å²) in [6, 6.07) is 6.74. The molecule has 0 fully saturated rings. The number of hydrogen-bond donors (Lipinski definition) is 3. The fourth-order valence-electron chi connectivity index (χ4n) is 2.15. The van der Waals surface area contributed by atoms with Gasteiger partial charge < -0.3 is 15.3 Å². The third-order valence-corrected chi connectivity index (χ3v) is 3.35. The average Bonchev–Trinajstić information content (AvgIpc) is 2.91. The number of pyridine rings is 1. The van der Waals surface area contributed by atoms with Gasteiger partial charge >= 0.3 is 11.9 Å². The molecule has 0 atom stereocenters. The zero-order chi connectivity index (χ0) is 17.3. The lowest BCUT2D eigenvalue weighted by atomic mass is 10.2. The smallest absolute Gasteiger partial charge is 0.348 e. The number of rotatable bonds is 3. The molecular formula is C15H11F3N4O2. The van der Waals surface area contributed by atoms with Gasteiger partial charge in [0.2, 0.25) is 0 Å². The van der Waals surface area contributed by atoms with Crippen LogP contribution in [-0.2, 0) is 12.7 Å². The van der Waals surface area contributed by atoms with Crippen molar-refractivity contribution in [1.82, 2.24) is 20.3 Å². The van der Waals surface area contributed by atoms with Gasteiger partial charge in [-0.05, 0) is 29.8 Å². The van der Waals surface area contributed by atoms with Crippen molar-refractivity contribution in [1.29, 1.82) is 0 Å². The van der Waals surface area contributed by atoms with E-state index in [-0.39, 0.29) is 12.2 Å². The molecule has 0 spiro atoms. The minimum absolute atomic E-state index is 0.0334. The van der Waals surface area contributed by atoms with Crippen molar-refractivity contribution < 1.29 is 18.0 Å². The topological polar surface area (TPSA) is 90.6 Å². The molecule has 2 aromatic heterocycles. The molecule has 2 heterocycles. The lowest BCUT2D eigenvalue weighted by Crippen LogP contribution is -2.23. The summed E-state index contributed by atoms with van der Waals surface area (Å²) < 4.78 is 37.3. The number of benzene rings is 1. The second kappa shape index (κ2) is 5.84. The average molecular weight is 336 g/mol. The zero-order valence-corrected chi connectivity index (χ0v) is 12.1. The van der Waals surface area contributed by atoms with E-state index in [9.17, 15) is 22.8 Å². The summed E-state index contributed by atoms with van der Waals surface area (Å²) in [7, 11) is 0. The van der Waals surface area contributed by atoms with Gasteiger partial charge in [-0.2, -0.15) is 13.2 Å². The van der Waals surface area contributed by atoms with Gasteiger partial charge in [0, 0.05) is 18.3 Å². The molecule has 0 aliphatic carbocycles. The summed E-state index contributed by atoms with van der Waals surface area (Å²) in [4.78, 5) is 31.7. The summed E-state index contributed by atoms with van der Waals surface area (Å²) in [6.07, 6.45) is -3.43. The van der Waals surface area contributed by atoms with Gasteiger partial charge in [0.1, 0.15) is 5.69 Å². The molecule has 0 saturated heterocycles. The van der Waals surface area contributed by atoms with Crippen LogP contribution in [-0.4, -0.2) is 20.9 Å². The molecule has 9 heteroatoms. The fraction of sp³-hybridized carbons (Fsp3) is 0.133. The molecule has 0 aliphatic rings. The Hall–Kier alpha value is -3.10. The molecule has 0 saturated carbocycles. The maximum absolute atomic E-state index is 12.4. The minimum Gasteiger partial charge on any atom is -0.348 e. The quantitative estimate of drug-likeness (QED) is 0.685. The van der Waals surface area contributed by atoms with Crippen LogP contribution in [0.2, 0.25) is 0 Å². The van der Waals surface area contributed by atoms with E-state index in [4.69, 9.17) is 0 Å². The largest absolute Gasteiger partial charge is 0.433 e. The highest BCUT2D eigenvalue weighted by atomic mass is 19.4. The highest BCUT2D eigenvalue weighted by molar-refractivity contribution is 5.97. The first kappa shape index (κ1) is 15.8. The molecule has 0 radical (unpaired) electrons. The molecule has 24 heavy (non-hydrogen) atoms. The van der Waals surface area contributed by atoms with E-state index < -0.39 is 17.8 Å². The Morgan fingerprint density at radius 2 is 1.88 bits per heavy atom. The Bertz CT molecular complexity index is 942. The molecule has 3 rings (SSSR count). The number of nitrogens with one attached hydrogen (secondary N) is 3. The normalized spacial score (nSPS) is 11.6. The lowest BCUT2D eigenvalue weighted by Gasteiger charge is -2.08. The van der Waals surface area contributed by atoms with E-state index in [1.165, 1.54) is 18.2 Å². The molecule has 3 aromatic rings. The number of alkyl halides is 3. The summed E-state index contributed by atoms with van der Waals surface area (Å²) in [5, 5.41) is 2.58. The van der Waals surface area contributed by atoms with Crippen LogP contribution in [0.25, 0.3) is 11.0 Å². The molecule has 0 bridgehead atoms. The van der Waals surface area contributed by atoms with E-state index >= 15 is 0 Å². The predicted molar refractivity (Wildman–Crippen MR) is 79.3 cm³/mol. The first-order valence-electron chi connectivity index (χ1n) is 6.85. The van der Waals surface area contributed by atoms with Crippen molar-refractivity contribution in [3.63, 3.8) is 0 Å². The molecule has 0 unspecified atom stereocenters. The van der Waals surface area contributed by atoms with Gasteiger partial charge in [-0.25, -0.2) is 4.79 Å². The van der Waals surface area contributed by atoms with E-state index in [1.54, 1.807) is 6.07 Å². The number of carbonyl (C=O) groups is 1. The number of nitrogens with zero attached hydrogens (tertiary/aromatic N) is 1. The van der Waals surface area contributed by atoms with Crippen molar-refractivity contribution in [3.05, 3.63) is 63.8 Å². The van der Waals surface area contributed by atoms with Crippen LogP contribution in [0, 0.1) is 0 Å². The second-order valence-electron chi connectivity index (χ2n) is 5.07. The van der Waals surface area contributed by atoms with Crippen LogP contribution in [0.15, 0.2) is 41.3 Å². The number of halogens is 3. The van der Waals surface area contributed by atoms with Gasteiger partial charge in [-0.3, -0.25) is 9.78 Å². The number of fused-ring (bicyclic) bond motifs is 1. The van der Waals surface area contributed by atoms with Crippen molar-refractivity contribution >= 4 is 16.9 Å². The number of imidazole rings is 1. The van der Waals surface area contributed by atoms with Crippen LogP contribution in [0.1, 0.15) is 21.6 Å². The monoisotopic (exact) mass is 336 g/mol. The first-order chi connectivity index (χ1) is 11.3. The molecule has 1 amide bonds. The summed E-state index contributed by atoms with van der Waals surface area (Å²) in [6.45, 7) is 0.0334. The van der Waals surface area contributed by atoms with Crippen molar-refractivity contribution in [2.75, 3.05) is 0 Å². The maximum Gasteiger partial charge on any atom is 0.433 e. The van der Waals surface area contributed by atoms with Gasteiger partial charge in [-0.1, -0.05) is 6.07 Å². The number of H-pyrrole nitrogens is 2. The molecule has 3 N–H and O–H groups in total. The van der Waals surface area contributed by atoms with Crippen LogP contribution in [0.3, 0.4) is 0 Å². The third-order valence-electron chi connectivity index (χ3n) is 3.35. The van der Waals surface area contributed by atoms with Gasteiger partial charge in [-0.15, -0.1) is 0 Å². The Balaban J connectivity index is 1.69. The number of hydrogen-bond acceptors (Lipinski definition) is 3. The Labute approximate surface area is 132 Å². The van der Waals surface area contributed by atoms with Gasteiger partial charge in [0.05, 0.1) is 11.0 Å². The fourth-order valence-corrected chi connectivity index (χ4v) is 2.15. The third kappa shape index (κ3) is 3.29. The highest BCUT2D eigenvalue weighted by Gasteiger charge is 2.31. The number of aromatic amines is 2. The summed E-state index contributed by atoms with van der Waals surface area (Å²) >= 11 is 0. The lowest BCUT2D eigenvalue weighted by molar-refractivity contribution is -0.141. The standard InChI is InChI=1S/C15H11F3N4O2/c16-15(17,18)12-4-1-8(6-19-12)7-20-13(23)9-2-3-10-11(5-9)22-14(24)21-10/h1-6H,7H2,(H,20,23)(H2,21,22,24). The molecule has 6 nitrogen and oxygen atoms in total. The Morgan fingerprint density at radius 3 is 2.54 bits per heavy atom. The van der Waals surface area contributed by atoms with Crippen molar-refractivity contribution in [2.24, 2.45) is 0 Å². The number of amides is 1. The molecule has 0 aliphatic heterocycles. The maximum atomic E-state index is 12.4. The molecule has 124 valence electrons. The van der Waals surface area contributed by atoms with E-state index in [0.717, 1.165) is 12.3 Å². The second-order valence-corrected chi connectivity index (χ2v) is 5.07. The van der Waals surface area contributed by atoms with Crippen molar-refractivity contribution in [3.8, 4) is 0 Å². The van der Waals surface area contributed by atoms with E-state index in [1.807, 2.05) is 0 Å². The molecular weight excluding hydrogens is 325 g/mol. The SMILES string of the molecule is O=C(NCc1ccc(C(F)(F)F)nc1)c1ccc2[nH]c(=O)[nH]c2c1. The minimum atomic E-state index is -4.50. The Morgan fingerprint density at radius 1 is 1.12 bits per heavy atom.